The van der Waals surface area contributed by atoms with Crippen LogP contribution in [0.15, 0.2) is 36.4 Å². The lowest BCUT2D eigenvalue weighted by atomic mass is 9.93. The summed E-state index contributed by atoms with van der Waals surface area (Å²) >= 11 is 0. The molecule has 1 unspecified atom stereocenters. The van der Waals surface area contributed by atoms with E-state index in [1.807, 2.05) is 32.0 Å². The smallest absolute Gasteiger partial charge is 0.129 e. The van der Waals surface area contributed by atoms with E-state index in [0.717, 1.165) is 16.7 Å². The molecular weight excluding hydrogens is 270 g/mol. The maximum atomic E-state index is 13.7. The highest BCUT2D eigenvalue weighted by molar-refractivity contribution is 5.34. The van der Waals surface area contributed by atoms with Gasteiger partial charge in [-0.05, 0) is 55.5 Å². The SMILES string of the molecule is Cc1cccc(C)c1CC(Cc1c(F)cccc1F)NN. The Morgan fingerprint density at radius 3 is 1.90 bits per heavy atom. The molecule has 0 aromatic heterocycles. The molecule has 0 amide bonds. The fourth-order valence-corrected chi connectivity index (χ4v) is 2.58. The minimum atomic E-state index is -0.531. The van der Waals surface area contributed by atoms with Crippen molar-refractivity contribution < 1.29 is 8.78 Å². The highest BCUT2D eigenvalue weighted by atomic mass is 19.1. The number of nitrogens with two attached hydrogens (primary N) is 1. The molecule has 0 aliphatic heterocycles. The first-order valence-electron chi connectivity index (χ1n) is 6.97. The molecule has 0 heterocycles. The molecule has 2 aromatic rings. The molecule has 2 aromatic carbocycles. The van der Waals surface area contributed by atoms with Gasteiger partial charge in [0.25, 0.3) is 0 Å². The zero-order valence-corrected chi connectivity index (χ0v) is 12.3. The number of hydrogen-bond acceptors (Lipinski definition) is 2. The quantitative estimate of drug-likeness (QED) is 0.655. The van der Waals surface area contributed by atoms with E-state index in [-0.39, 0.29) is 18.0 Å². The van der Waals surface area contributed by atoms with Gasteiger partial charge in [-0.15, -0.1) is 0 Å². The third-order valence-corrected chi connectivity index (χ3v) is 3.84. The van der Waals surface area contributed by atoms with E-state index in [2.05, 4.69) is 5.43 Å². The van der Waals surface area contributed by atoms with Gasteiger partial charge >= 0.3 is 0 Å². The van der Waals surface area contributed by atoms with Crippen LogP contribution in [0.5, 0.6) is 0 Å². The summed E-state index contributed by atoms with van der Waals surface area (Å²) in [7, 11) is 0. The second kappa shape index (κ2) is 6.78. The van der Waals surface area contributed by atoms with E-state index in [9.17, 15) is 8.78 Å². The second-order valence-corrected chi connectivity index (χ2v) is 5.34. The van der Waals surface area contributed by atoms with Gasteiger partial charge in [0.15, 0.2) is 0 Å². The molecule has 2 nitrogen and oxygen atoms in total. The first kappa shape index (κ1) is 15.6. The van der Waals surface area contributed by atoms with Crippen LogP contribution in [-0.4, -0.2) is 6.04 Å². The van der Waals surface area contributed by atoms with E-state index in [1.165, 1.54) is 18.2 Å². The number of aryl methyl sites for hydroxylation is 2. The van der Waals surface area contributed by atoms with Crippen LogP contribution in [0.1, 0.15) is 22.3 Å². The maximum absolute atomic E-state index is 13.7. The first-order valence-corrected chi connectivity index (χ1v) is 6.97. The normalized spacial score (nSPS) is 12.4. The molecule has 0 radical (unpaired) electrons. The minimum Gasteiger partial charge on any atom is -0.271 e. The van der Waals surface area contributed by atoms with Gasteiger partial charge in [-0.1, -0.05) is 24.3 Å². The Balaban J connectivity index is 2.21. The van der Waals surface area contributed by atoms with Crippen LogP contribution in [0, 0.1) is 25.5 Å². The number of hydrogen-bond donors (Lipinski definition) is 2. The van der Waals surface area contributed by atoms with Crippen LogP contribution < -0.4 is 11.3 Å². The largest absolute Gasteiger partial charge is 0.271 e. The molecule has 0 saturated heterocycles. The minimum absolute atomic E-state index is 0.0756. The molecule has 0 fully saturated rings. The summed E-state index contributed by atoms with van der Waals surface area (Å²) in [4.78, 5) is 0. The highest BCUT2D eigenvalue weighted by Gasteiger charge is 2.17. The summed E-state index contributed by atoms with van der Waals surface area (Å²) in [6.45, 7) is 4.05. The van der Waals surface area contributed by atoms with Crippen molar-refractivity contribution >= 4 is 0 Å². The van der Waals surface area contributed by atoms with Crippen LogP contribution in [-0.2, 0) is 12.8 Å². The van der Waals surface area contributed by atoms with Gasteiger partial charge in [-0.25, -0.2) is 8.78 Å². The summed E-state index contributed by atoms with van der Waals surface area (Å²) in [5, 5.41) is 0. The molecule has 112 valence electrons. The van der Waals surface area contributed by atoms with E-state index < -0.39 is 11.6 Å². The Morgan fingerprint density at radius 2 is 1.38 bits per heavy atom. The Kier molecular flexibility index (Phi) is 5.04. The van der Waals surface area contributed by atoms with E-state index in [0.29, 0.717) is 6.42 Å². The third kappa shape index (κ3) is 3.65. The van der Waals surface area contributed by atoms with Crippen molar-refractivity contribution in [3.05, 3.63) is 70.3 Å². The highest BCUT2D eigenvalue weighted by Crippen LogP contribution is 2.19. The molecule has 0 bridgehead atoms. The molecule has 1 atom stereocenters. The van der Waals surface area contributed by atoms with Crippen molar-refractivity contribution in [1.82, 2.24) is 5.43 Å². The number of hydrazine groups is 1. The maximum Gasteiger partial charge on any atom is 0.129 e. The van der Waals surface area contributed by atoms with Crippen molar-refractivity contribution in [2.75, 3.05) is 0 Å². The molecule has 3 N–H and O–H groups in total. The van der Waals surface area contributed by atoms with E-state index in [4.69, 9.17) is 5.84 Å². The second-order valence-electron chi connectivity index (χ2n) is 5.34. The van der Waals surface area contributed by atoms with Crippen molar-refractivity contribution in [2.24, 2.45) is 5.84 Å². The average molecular weight is 290 g/mol. The fraction of sp³-hybridized carbons (Fsp3) is 0.294. The molecule has 21 heavy (non-hydrogen) atoms. The van der Waals surface area contributed by atoms with Gasteiger partial charge in [-0.3, -0.25) is 11.3 Å². The van der Waals surface area contributed by atoms with Crippen molar-refractivity contribution in [2.45, 2.75) is 32.7 Å². The molecule has 0 spiro atoms. The Morgan fingerprint density at radius 1 is 0.905 bits per heavy atom. The summed E-state index contributed by atoms with van der Waals surface area (Å²) in [5.41, 5.74) is 6.23. The monoisotopic (exact) mass is 290 g/mol. The van der Waals surface area contributed by atoms with Crippen LogP contribution in [0.4, 0.5) is 8.78 Å². The molecule has 0 aliphatic carbocycles. The lowest BCUT2D eigenvalue weighted by molar-refractivity contribution is 0.483. The van der Waals surface area contributed by atoms with Gasteiger partial charge in [0, 0.05) is 11.6 Å². The first-order chi connectivity index (χ1) is 10.0. The number of nitrogens with one attached hydrogen (secondary N) is 1. The fourth-order valence-electron chi connectivity index (χ4n) is 2.58. The van der Waals surface area contributed by atoms with Gasteiger partial charge in [0.05, 0.1) is 0 Å². The number of rotatable bonds is 5. The Labute approximate surface area is 124 Å². The number of halogens is 2. The average Bonchev–Trinajstić information content (AvgIpc) is 2.45. The van der Waals surface area contributed by atoms with Gasteiger partial charge < -0.3 is 0 Å². The molecule has 4 heteroatoms. The summed E-state index contributed by atoms with van der Waals surface area (Å²) in [5.74, 6) is 4.51. The van der Waals surface area contributed by atoms with Crippen molar-refractivity contribution in [1.29, 1.82) is 0 Å². The predicted molar refractivity (Wildman–Crippen MR) is 80.8 cm³/mol. The molecule has 0 saturated carbocycles. The summed E-state index contributed by atoms with van der Waals surface area (Å²) in [6, 6.07) is 9.73. The van der Waals surface area contributed by atoms with Gasteiger partial charge in [0.2, 0.25) is 0 Å². The molecule has 0 aliphatic rings. The van der Waals surface area contributed by atoms with Crippen LogP contribution in [0.25, 0.3) is 0 Å². The van der Waals surface area contributed by atoms with E-state index in [1.54, 1.807) is 0 Å². The Hall–Kier alpha value is -1.78. The third-order valence-electron chi connectivity index (χ3n) is 3.84. The standard InChI is InChI=1S/C17H20F2N2/c1-11-5-3-6-12(2)14(11)9-13(21-20)10-15-16(18)7-4-8-17(15)19/h3-8,13,21H,9-10,20H2,1-2H3. The van der Waals surface area contributed by atoms with Gasteiger partial charge in [0.1, 0.15) is 11.6 Å². The molecule has 2 rings (SSSR count). The summed E-state index contributed by atoms with van der Waals surface area (Å²) in [6.07, 6.45) is 0.839. The zero-order chi connectivity index (χ0) is 15.4. The molecular formula is C17H20F2N2. The van der Waals surface area contributed by atoms with Crippen molar-refractivity contribution in [3.8, 4) is 0 Å². The lowest BCUT2D eigenvalue weighted by Gasteiger charge is -2.19. The lowest BCUT2D eigenvalue weighted by Crippen LogP contribution is -2.39. The van der Waals surface area contributed by atoms with Gasteiger partial charge in [-0.2, -0.15) is 0 Å². The zero-order valence-electron chi connectivity index (χ0n) is 12.3. The predicted octanol–water partition coefficient (Wildman–Crippen LogP) is 3.20. The van der Waals surface area contributed by atoms with Crippen LogP contribution in [0.2, 0.25) is 0 Å². The number of benzene rings is 2. The van der Waals surface area contributed by atoms with E-state index >= 15 is 0 Å². The topological polar surface area (TPSA) is 38.0 Å². The van der Waals surface area contributed by atoms with Crippen LogP contribution >= 0.6 is 0 Å². The van der Waals surface area contributed by atoms with Crippen LogP contribution in [0.3, 0.4) is 0 Å². The van der Waals surface area contributed by atoms with Crippen molar-refractivity contribution in [3.63, 3.8) is 0 Å². The summed E-state index contributed by atoms with van der Waals surface area (Å²) < 4.78 is 27.5. The Bertz CT molecular complexity index is 532.